The fourth-order valence-electron chi connectivity index (χ4n) is 2.43. The lowest BCUT2D eigenvalue weighted by atomic mass is 10.1. The molecule has 3 aromatic rings. The first-order valence-electron chi connectivity index (χ1n) is 7.85. The first-order chi connectivity index (χ1) is 12.2. The highest BCUT2D eigenvalue weighted by atomic mass is 32.1. The van der Waals surface area contributed by atoms with Crippen LogP contribution >= 0.6 is 11.3 Å². The Kier molecular flexibility index (Phi) is 5.42. The molecule has 0 fully saturated rings. The van der Waals surface area contributed by atoms with Crippen molar-refractivity contribution in [2.45, 2.75) is 0 Å². The van der Waals surface area contributed by atoms with E-state index in [-0.39, 0.29) is 11.8 Å². The molecule has 0 atom stereocenters. The molecule has 0 radical (unpaired) electrons. The summed E-state index contributed by atoms with van der Waals surface area (Å²) in [5.41, 5.74) is 0.910. The van der Waals surface area contributed by atoms with Crippen molar-refractivity contribution in [2.75, 3.05) is 25.6 Å². The summed E-state index contributed by atoms with van der Waals surface area (Å²) in [7, 11) is 1.57. The number of para-hydroxylation sites is 1. The second-order valence-electron chi connectivity index (χ2n) is 5.40. The first kappa shape index (κ1) is 17.1. The Hall–Kier alpha value is -2.70. The van der Waals surface area contributed by atoms with Gasteiger partial charge in [0.05, 0.1) is 22.7 Å². The average molecular weight is 354 g/mol. The summed E-state index contributed by atoms with van der Waals surface area (Å²) >= 11 is 1.43. The maximum atomic E-state index is 12.6. The molecule has 3 rings (SSSR count). The van der Waals surface area contributed by atoms with Crippen LogP contribution in [0.25, 0.3) is 10.1 Å². The number of hydrogen-bond donors (Lipinski definition) is 2. The number of carbonyl (C=O) groups is 2. The lowest BCUT2D eigenvalue weighted by Gasteiger charge is -2.10. The molecule has 6 heteroatoms. The number of hydrogen-bond acceptors (Lipinski definition) is 4. The van der Waals surface area contributed by atoms with Crippen LogP contribution in [0.4, 0.5) is 5.69 Å². The molecule has 0 saturated heterocycles. The number of nitrogens with one attached hydrogen (secondary N) is 2. The van der Waals surface area contributed by atoms with Crippen LogP contribution in [0, 0.1) is 0 Å². The first-order valence-corrected chi connectivity index (χ1v) is 8.67. The quantitative estimate of drug-likeness (QED) is 0.666. The van der Waals surface area contributed by atoms with Crippen LogP contribution in [0.5, 0.6) is 0 Å². The SMILES string of the molecule is COCCNC(=O)c1ccccc1NC(=O)c1cc2ccccc2s1. The molecule has 128 valence electrons. The second-order valence-corrected chi connectivity index (χ2v) is 6.48. The average Bonchev–Trinajstić information content (AvgIpc) is 3.06. The van der Waals surface area contributed by atoms with E-state index in [9.17, 15) is 9.59 Å². The van der Waals surface area contributed by atoms with E-state index in [1.165, 1.54) is 11.3 Å². The van der Waals surface area contributed by atoms with E-state index in [1.54, 1.807) is 31.4 Å². The summed E-state index contributed by atoms with van der Waals surface area (Å²) in [6.45, 7) is 0.843. The number of carbonyl (C=O) groups excluding carboxylic acids is 2. The summed E-state index contributed by atoms with van der Waals surface area (Å²) in [4.78, 5) is 25.5. The van der Waals surface area contributed by atoms with Crippen LogP contribution in [0.3, 0.4) is 0 Å². The second kappa shape index (κ2) is 7.92. The molecular weight excluding hydrogens is 336 g/mol. The van der Waals surface area contributed by atoms with Gasteiger partial charge in [-0.2, -0.15) is 0 Å². The van der Waals surface area contributed by atoms with E-state index in [0.717, 1.165) is 10.1 Å². The van der Waals surface area contributed by atoms with Gasteiger partial charge in [0, 0.05) is 18.4 Å². The van der Waals surface area contributed by atoms with Crippen molar-refractivity contribution in [2.24, 2.45) is 0 Å². The fraction of sp³-hybridized carbons (Fsp3) is 0.158. The monoisotopic (exact) mass is 354 g/mol. The standard InChI is InChI=1S/C19H18N2O3S/c1-24-11-10-20-18(22)14-7-3-4-8-15(14)21-19(23)17-12-13-6-2-5-9-16(13)25-17/h2-9,12H,10-11H2,1H3,(H,20,22)(H,21,23). The van der Waals surface area contributed by atoms with Gasteiger partial charge in [-0.3, -0.25) is 9.59 Å². The van der Waals surface area contributed by atoms with E-state index in [1.807, 2.05) is 30.3 Å². The third-order valence-corrected chi connectivity index (χ3v) is 4.78. The molecule has 0 bridgehead atoms. The van der Waals surface area contributed by atoms with Crippen LogP contribution < -0.4 is 10.6 Å². The van der Waals surface area contributed by atoms with Gasteiger partial charge in [-0.25, -0.2) is 0 Å². The highest BCUT2D eigenvalue weighted by Gasteiger charge is 2.15. The van der Waals surface area contributed by atoms with Gasteiger partial charge in [-0.05, 0) is 29.7 Å². The fourth-order valence-corrected chi connectivity index (χ4v) is 3.39. The zero-order valence-corrected chi connectivity index (χ0v) is 14.6. The Morgan fingerprint density at radius 2 is 1.80 bits per heavy atom. The van der Waals surface area contributed by atoms with E-state index in [4.69, 9.17) is 4.74 Å². The van der Waals surface area contributed by atoms with Gasteiger partial charge in [0.25, 0.3) is 11.8 Å². The number of fused-ring (bicyclic) bond motifs is 1. The number of amides is 2. The van der Waals surface area contributed by atoms with Gasteiger partial charge in [0.1, 0.15) is 0 Å². The van der Waals surface area contributed by atoms with Gasteiger partial charge in [0.15, 0.2) is 0 Å². The van der Waals surface area contributed by atoms with Crippen molar-refractivity contribution in [1.29, 1.82) is 0 Å². The molecule has 25 heavy (non-hydrogen) atoms. The highest BCUT2D eigenvalue weighted by molar-refractivity contribution is 7.20. The zero-order valence-electron chi connectivity index (χ0n) is 13.7. The number of rotatable bonds is 6. The predicted molar refractivity (Wildman–Crippen MR) is 100 cm³/mol. The molecule has 2 aromatic carbocycles. The predicted octanol–water partition coefficient (Wildman–Crippen LogP) is 3.53. The number of methoxy groups -OCH3 is 1. The minimum absolute atomic E-state index is 0.224. The molecule has 0 aliphatic heterocycles. The number of thiophene rings is 1. The van der Waals surface area contributed by atoms with Crippen LogP contribution in [0.1, 0.15) is 20.0 Å². The Balaban J connectivity index is 1.78. The summed E-state index contributed by atoms with van der Waals surface area (Å²) < 4.78 is 5.98. The maximum Gasteiger partial charge on any atom is 0.265 e. The largest absolute Gasteiger partial charge is 0.383 e. The Labute approximate surface area is 149 Å². The lowest BCUT2D eigenvalue weighted by molar-refractivity contribution is 0.0938. The van der Waals surface area contributed by atoms with Crippen molar-refractivity contribution in [3.8, 4) is 0 Å². The Morgan fingerprint density at radius 3 is 2.60 bits per heavy atom. The van der Waals surface area contributed by atoms with Crippen molar-refractivity contribution in [3.63, 3.8) is 0 Å². The number of anilines is 1. The molecule has 1 heterocycles. The summed E-state index contributed by atoms with van der Waals surface area (Å²) in [6, 6.07) is 16.6. The normalized spacial score (nSPS) is 10.6. The third-order valence-electron chi connectivity index (χ3n) is 3.66. The maximum absolute atomic E-state index is 12.6. The smallest absolute Gasteiger partial charge is 0.265 e. The molecule has 0 aliphatic carbocycles. The van der Waals surface area contributed by atoms with Crippen molar-refractivity contribution >= 4 is 38.9 Å². The van der Waals surface area contributed by atoms with E-state index in [2.05, 4.69) is 10.6 Å². The van der Waals surface area contributed by atoms with E-state index in [0.29, 0.717) is 29.3 Å². The van der Waals surface area contributed by atoms with E-state index < -0.39 is 0 Å². The molecule has 0 spiro atoms. The van der Waals surface area contributed by atoms with Crippen molar-refractivity contribution in [1.82, 2.24) is 5.32 Å². The highest BCUT2D eigenvalue weighted by Crippen LogP contribution is 2.26. The third kappa shape index (κ3) is 4.04. The summed E-state index contributed by atoms with van der Waals surface area (Å²) in [5.74, 6) is -0.470. The van der Waals surface area contributed by atoms with Crippen molar-refractivity contribution in [3.05, 3.63) is 65.0 Å². The Bertz CT molecular complexity index is 871. The van der Waals surface area contributed by atoms with Gasteiger partial charge >= 0.3 is 0 Å². The van der Waals surface area contributed by atoms with Crippen LogP contribution in [-0.2, 0) is 4.74 Å². The van der Waals surface area contributed by atoms with Gasteiger partial charge in [0.2, 0.25) is 0 Å². The van der Waals surface area contributed by atoms with Gasteiger partial charge in [-0.1, -0.05) is 30.3 Å². The van der Waals surface area contributed by atoms with Crippen LogP contribution in [-0.4, -0.2) is 32.1 Å². The van der Waals surface area contributed by atoms with Gasteiger partial charge < -0.3 is 15.4 Å². The minimum atomic E-state index is -0.246. The lowest BCUT2D eigenvalue weighted by Crippen LogP contribution is -2.28. The molecule has 0 unspecified atom stereocenters. The number of ether oxygens (including phenoxy) is 1. The number of benzene rings is 2. The van der Waals surface area contributed by atoms with Crippen LogP contribution in [0.15, 0.2) is 54.6 Å². The molecule has 0 saturated carbocycles. The topological polar surface area (TPSA) is 67.4 Å². The summed E-state index contributed by atoms with van der Waals surface area (Å²) in [5, 5.41) is 6.63. The molecule has 2 amide bonds. The molecule has 2 N–H and O–H groups in total. The van der Waals surface area contributed by atoms with Gasteiger partial charge in [-0.15, -0.1) is 11.3 Å². The van der Waals surface area contributed by atoms with E-state index >= 15 is 0 Å². The molecular formula is C19H18N2O3S. The Morgan fingerprint density at radius 1 is 1.04 bits per heavy atom. The molecule has 1 aromatic heterocycles. The van der Waals surface area contributed by atoms with Crippen LogP contribution in [0.2, 0.25) is 0 Å². The molecule has 0 aliphatic rings. The zero-order chi connectivity index (χ0) is 17.6. The van der Waals surface area contributed by atoms with Crippen molar-refractivity contribution < 1.29 is 14.3 Å². The molecule has 5 nitrogen and oxygen atoms in total. The minimum Gasteiger partial charge on any atom is -0.383 e. The summed E-state index contributed by atoms with van der Waals surface area (Å²) in [6.07, 6.45) is 0.